The van der Waals surface area contributed by atoms with Crippen LogP contribution in [0.25, 0.3) is 11.1 Å². The topological polar surface area (TPSA) is 12.5 Å². The van der Waals surface area contributed by atoms with Crippen molar-refractivity contribution >= 4 is 0 Å². The number of hydrogen-bond acceptors (Lipinski definition) is 1. The smallest absolute Gasteiger partial charge is 0.167 e. The van der Waals surface area contributed by atoms with E-state index < -0.39 is 11.6 Å². The third kappa shape index (κ3) is 2.84. The number of benzene rings is 2. The second kappa shape index (κ2) is 6.56. The lowest BCUT2D eigenvalue weighted by molar-refractivity contribution is 0.385. The van der Waals surface area contributed by atoms with E-state index in [0.717, 1.165) is 17.4 Å². The highest BCUT2D eigenvalue weighted by Crippen LogP contribution is 2.54. The van der Waals surface area contributed by atoms with Crippen LogP contribution in [0.1, 0.15) is 48.8 Å². The van der Waals surface area contributed by atoms with Crippen molar-refractivity contribution in [1.82, 2.24) is 0 Å². The second-order valence-electron chi connectivity index (χ2n) is 8.26. The summed E-state index contributed by atoms with van der Waals surface area (Å²) in [6, 6.07) is 11.4. The van der Waals surface area contributed by atoms with Crippen LogP contribution < -0.4 is 0 Å². The van der Waals surface area contributed by atoms with Crippen molar-refractivity contribution in [2.45, 2.75) is 37.7 Å². The molecule has 1 aliphatic heterocycles. The highest BCUT2D eigenvalue weighted by Gasteiger charge is 2.43. The summed E-state index contributed by atoms with van der Waals surface area (Å²) in [5.74, 6) is 1.22. The summed E-state index contributed by atoms with van der Waals surface area (Å²) in [6.45, 7) is 4.48. The normalized spacial score (nSPS) is 31.7. The largest absolute Gasteiger partial charge is 0.368 e. The summed E-state index contributed by atoms with van der Waals surface area (Å²) in [7, 11) is 0. The maximum atomic E-state index is 14.6. The summed E-state index contributed by atoms with van der Waals surface area (Å²) in [6.07, 6.45) is 6.89. The van der Waals surface area contributed by atoms with Gasteiger partial charge in [0.1, 0.15) is 6.10 Å². The molecule has 1 nitrogen and oxygen atoms in total. The Morgan fingerprint density at radius 3 is 2.33 bits per heavy atom. The molecule has 0 N–H and O–H groups in total. The van der Waals surface area contributed by atoms with Crippen molar-refractivity contribution < 1.29 is 13.5 Å². The highest BCUT2D eigenvalue weighted by molar-refractivity contribution is 5.65. The molecule has 1 heterocycles. The average Bonchev–Trinajstić information content (AvgIpc) is 3.31. The van der Waals surface area contributed by atoms with Gasteiger partial charge in [-0.3, -0.25) is 0 Å². The minimum Gasteiger partial charge on any atom is -0.368 e. The van der Waals surface area contributed by atoms with Gasteiger partial charge < -0.3 is 4.74 Å². The van der Waals surface area contributed by atoms with Crippen molar-refractivity contribution in [3.8, 4) is 11.1 Å². The molecule has 140 valence electrons. The van der Waals surface area contributed by atoms with Gasteiger partial charge in [0.2, 0.25) is 0 Å². The third-order valence-corrected chi connectivity index (χ3v) is 7.01. The molecule has 5 atom stereocenters. The number of hydrogen-bond donors (Lipinski definition) is 0. The minimum absolute atomic E-state index is 0.281. The molecule has 0 radical (unpaired) electrons. The molecule has 5 rings (SSSR count). The van der Waals surface area contributed by atoms with Crippen LogP contribution in [0, 0.1) is 29.4 Å². The Morgan fingerprint density at radius 2 is 1.63 bits per heavy atom. The zero-order valence-corrected chi connectivity index (χ0v) is 15.3. The second-order valence-corrected chi connectivity index (χ2v) is 8.26. The molecular weight excluding hydrogens is 342 g/mol. The van der Waals surface area contributed by atoms with Crippen LogP contribution in [0.2, 0.25) is 0 Å². The lowest BCUT2D eigenvalue weighted by Crippen LogP contribution is -2.10. The van der Waals surface area contributed by atoms with E-state index in [-0.39, 0.29) is 6.10 Å². The van der Waals surface area contributed by atoms with E-state index in [4.69, 9.17) is 4.74 Å². The molecule has 0 bridgehead atoms. The number of fused-ring (bicyclic) bond motifs is 1. The molecule has 5 unspecified atom stereocenters. The number of halogens is 2. The highest BCUT2D eigenvalue weighted by atomic mass is 19.2. The van der Waals surface area contributed by atoms with Gasteiger partial charge in [0.15, 0.2) is 11.6 Å². The van der Waals surface area contributed by atoms with E-state index >= 15 is 0 Å². The first-order valence-electron chi connectivity index (χ1n) is 9.99. The Balaban J connectivity index is 1.40. The summed E-state index contributed by atoms with van der Waals surface area (Å²) in [5.41, 5.74) is 2.70. The number of epoxide rings is 1. The third-order valence-electron chi connectivity index (χ3n) is 7.01. The fraction of sp³-hybridized carbons (Fsp3) is 0.417. The van der Waals surface area contributed by atoms with Gasteiger partial charge in [-0.25, -0.2) is 8.78 Å². The number of ether oxygens (including phenoxy) is 1. The van der Waals surface area contributed by atoms with E-state index in [2.05, 4.69) is 24.8 Å². The zero-order valence-electron chi connectivity index (χ0n) is 15.3. The van der Waals surface area contributed by atoms with E-state index in [1.165, 1.54) is 31.2 Å². The van der Waals surface area contributed by atoms with Gasteiger partial charge in [-0.2, -0.15) is 0 Å². The van der Waals surface area contributed by atoms with Crippen molar-refractivity contribution in [2.24, 2.45) is 17.8 Å². The van der Waals surface area contributed by atoms with Crippen LogP contribution in [0.4, 0.5) is 8.78 Å². The van der Waals surface area contributed by atoms with E-state index in [1.54, 1.807) is 12.1 Å². The first-order valence-corrected chi connectivity index (χ1v) is 9.99. The summed E-state index contributed by atoms with van der Waals surface area (Å²) < 4.78 is 34.0. The Morgan fingerprint density at radius 1 is 0.889 bits per heavy atom. The number of rotatable bonds is 4. The molecule has 3 fully saturated rings. The molecule has 3 aliphatic rings. The van der Waals surface area contributed by atoms with E-state index in [9.17, 15) is 8.78 Å². The molecule has 2 saturated carbocycles. The molecule has 2 aliphatic carbocycles. The first-order chi connectivity index (χ1) is 13.2. The van der Waals surface area contributed by atoms with Crippen LogP contribution in [-0.4, -0.2) is 6.61 Å². The molecule has 1 saturated heterocycles. The molecule has 3 heteroatoms. The summed E-state index contributed by atoms with van der Waals surface area (Å²) >= 11 is 0. The Hall–Kier alpha value is -2.00. The Bertz CT molecular complexity index is 869. The van der Waals surface area contributed by atoms with Crippen LogP contribution >= 0.6 is 0 Å². The van der Waals surface area contributed by atoms with Gasteiger partial charge in [0.25, 0.3) is 0 Å². The van der Waals surface area contributed by atoms with Gasteiger partial charge in [0.05, 0.1) is 6.61 Å². The van der Waals surface area contributed by atoms with Crippen molar-refractivity contribution in [3.05, 3.63) is 71.8 Å². The van der Waals surface area contributed by atoms with Gasteiger partial charge in [-0.05, 0) is 60.5 Å². The maximum absolute atomic E-state index is 14.6. The lowest BCUT2D eigenvalue weighted by atomic mass is 9.84. The van der Waals surface area contributed by atoms with Crippen LogP contribution in [0.5, 0.6) is 0 Å². The number of allylic oxidation sites excluding steroid dienone is 1. The standard InChI is InChI=1S/C24H24F2O/c1-2-14-7-8-20-17(14)9-10-18(20)15-3-5-16(6-4-15)19-11-12-21(22-13-27-22)24(26)23(19)25/h2-6,11-12,14,17-18,20,22H,1,7-10,13H2. The molecule has 0 amide bonds. The predicted octanol–water partition coefficient (Wildman–Crippen LogP) is 6.41. The fourth-order valence-electron chi connectivity index (χ4n) is 5.52. The first kappa shape index (κ1) is 17.1. The van der Waals surface area contributed by atoms with Crippen molar-refractivity contribution in [2.75, 3.05) is 6.61 Å². The van der Waals surface area contributed by atoms with Gasteiger partial charge in [0, 0.05) is 11.1 Å². The van der Waals surface area contributed by atoms with E-state index in [0.29, 0.717) is 29.6 Å². The molecular formula is C24H24F2O. The Labute approximate surface area is 159 Å². The summed E-state index contributed by atoms with van der Waals surface area (Å²) in [5, 5.41) is 0. The molecule has 2 aromatic carbocycles. The minimum atomic E-state index is -0.779. The molecule has 2 aromatic rings. The van der Waals surface area contributed by atoms with Gasteiger partial charge >= 0.3 is 0 Å². The lowest BCUT2D eigenvalue weighted by Gasteiger charge is -2.20. The van der Waals surface area contributed by atoms with Crippen molar-refractivity contribution in [3.63, 3.8) is 0 Å². The van der Waals surface area contributed by atoms with Crippen LogP contribution in [0.3, 0.4) is 0 Å². The van der Waals surface area contributed by atoms with Gasteiger partial charge in [-0.15, -0.1) is 6.58 Å². The van der Waals surface area contributed by atoms with Crippen LogP contribution in [0.15, 0.2) is 49.1 Å². The predicted molar refractivity (Wildman–Crippen MR) is 102 cm³/mol. The maximum Gasteiger partial charge on any atom is 0.167 e. The van der Waals surface area contributed by atoms with E-state index in [1.807, 2.05) is 12.1 Å². The molecule has 0 spiro atoms. The SMILES string of the molecule is C=CC1CCC2C(c3ccc(-c4ccc(C5CO5)c(F)c4F)cc3)CCC12. The Kier molecular flexibility index (Phi) is 4.16. The average molecular weight is 366 g/mol. The monoisotopic (exact) mass is 366 g/mol. The molecule has 0 aromatic heterocycles. The quantitative estimate of drug-likeness (QED) is 0.450. The zero-order chi connectivity index (χ0) is 18.5. The summed E-state index contributed by atoms with van der Waals surface area (Å²) in [4.78, 5) is 0. The van der Waals surface area contributed by atoms with Gasteiger partial charge in [-0.1, -0.05) is 42.5 Å². The van der Waals surface area contributed by atoms with Crippen LogP contribution in [-0.2, 0) is 4.74 Å². The van der Waals surface area contributed by atoms with Crippen molar-refractivity contribution in [1.29, 1.82) is 0 Å². The molecule has 27 heavy (non-hydrogen) atoms. The fourth-order valence-corrected chi connectivity index (χ4v) is 5.52.